The van der Waals surface area contributed by atoms with Crippen LogP contribution in [0.15, 0.2) is 34.9 Å². The molecule has 3 aromatic rings. The monoisotopic (exact) mass is 370 g/mol. The zero-order valence-corrected chi connectivity index (χ0v) is 14.2. The molecule has 0 saturated carbocycles. The van der Waals surface area contributed by atoms with Crippen molar-refractivity contribution >= 4 is 34.6 Å². The van der Waals surface area contributed by atoms with Gasteiger partial charge in [-0.05, 0) is 24.3 Å². The van der Waals surface area contributed by atoms with E-state index in [2.05, 4.69) is 9.97 Å². The minimum Gasteiger partial charge on any atom is -0.401 e. The van der Waals surface area contributed by atoms with Gasteiger partial charge in [0.25, 0.3) is 0 Å². The van der Waals surface area contributed by atoms with E-state index in [0.717, 1.165) is 5.39 Å². The lowest BCUT2D eigenvalue weighted by atomic mass is 10.2. The molecule has 0 radical (unpaired) electrons. The van der Waals surface area contributed by atoms with Gasteiger partial charge in [0.15, 0.2) is 5.82 Å². The van der Waals surface area contributed by atoms with Crippen LogP contribution in [-0.4, -0.2) is 41.2 Å². The van der Waals surface area contributed by atoms with Gasteiger partial charge in [-0.3, -0.25) is 10.1 Å². The molecule has 2 aromatic heterocycles. The highest BCUT2D eigenvalue weighted by molar-refractivity contribution is 5.83. The van der Waals surface area contributed by atoms with Gasteiger partial charge in [-0.15, -0.1) is 0 Å². The number of anilines is 1. The Morgan fingerprint density at radius 1 is 1.22 bits per heavy atom. The van der Waals surface area contributed by atoms with Crippen molar-refractivity contribution in [3.63, 3.8) is 0 Å². The van der Waals surface area contributed by atoms with Crippen molar-refractivity contribution in [3.05, 3.63) is 58.0 Å². The van der Waals surface area contributed by atoms with Crippen molar-refractivity contribution in [1.29, 1.82) is 0 Å². The lowest BCUT2D eigenvalue weighted by Gasteiger charge is -2.29. The van der Waals surface area contributed by atoms with Crippen molar-refractivity contribution in [2.75, 3.05) is 31.2 Å². The second-order valence-electron chi connectivity index (χ2n) is 5.96. The number of halogens is 1. The number of benzene rings is 1. The van der Waals surface area contributed by atoms with Crippen LogP contribution in [0, 0.1) is 15.9 Å². The summed E-state index contributed by atoms with van der Waals surface area (Å²) in [4.78, 5) is 20.5. The number of nitrogens with zero attached hydrogens (tertiary/aromatic N) is 4. The Morgan fingerprint density at radius 3 is 2.78 bits per heavy atom. The highest BCUT2D eigenvalue weighted by atomic mass is 19.1. The van der Waals surface area contributed by atoms with E-state index in [4.69, 9.17) is 9.15 Å². The van der Waals surface area contributed by atoms with E-state index in [1.807, 2.05) is 4.90 Å². The van der Waals surface area contributed by atoms with Crippen LogP contribution in [0.5, 0.6) is 0 Å². The van der Waals surface area contributed by atoms with Gasteiger partial charge < -0.3 is 14.1 Å². The first-order valence-corrected chi connectivity index (χ1v) is 8.31. The molecule has 0 aliphatic carbocycles. The number of furan rings is 1. The zero-order chi connectivity index (χ0) is 18.8. The van der Waals surface area contributed by atoms with Crippen molar-refractivity contribution in [2.45, 2.75) is 0 Å². The van der Waals surface area contributed by atoms with E-state index in [1.165, 1.54) is 24.3 Å². The first-order valence-electron chi connectivity index (χ1n) is 8.31. The third kappa shape index (κ3) is 3.63. The number of morpholine rings is 1. The third-order valence-electron chi connectivity index (χ3n) is 4.21. The van der Waals surface area contributed by atoms with Gasteiger partial charge in [-0.25, -0.2) is 14.4 Å². The molecule has 1 fully saturated rings. The molecule has 0 amide bonds. The van der Waals surface area contributed by atoms with E-state index >= 15 is 0 Å². The fourth-order valence-electron chi connectivity index (χ4n) is 2.87. The molecular weight excluding hydrogens is 355 g/mol. The van der Waals surface area contributed by atoms with Crippen molar-refractivity contribution < 1.29 is 18.5 Å². The van der Waals surface area contributed by atoms with Crippen LogP contribution < -0.4 is 4.90 Å². The number of ether oxygens (including phenoxy) is 1. The molecule has 4 rings (SSSR count). The molecule has 8 nitrogen and oxygen atoms in total. The molecule has 0 unspecified atom stereocenters. The fraction of sp³-hybridized carbons (Fsp3) is 0.222. The van der Waals surface area contributed by atoms with E-state index in [1.54, 1.807) is 18.3 Å². The largest absolute Gasteiger partial charge is 0.433 e. The number of rotatable bonds is 4. The Balaban J connectivity index is 1.60. The summed E-state index contributed by atoms with van der Waals surface area (Å²) in [5, 5.41) is 11.4. The van der Waals surface area contributed by atoms with Crippen LogP contribution in [-0.2, 0) is 4.74 Å². The molecule has 1 aliphatic rings. The smallest absolute Gasteiger partial charge is 0.401 e. The molecule has 1 saturated heterocycles. The summed E-state index contributed by atoms with van der Waals surface area (Å²) in [5.74, 6) is -0.0363. The van der Waals surface area contributed by atoms with Gasteiger partial charge in [-0.1, -0.05) is 0 Å². The van der Waals surface area contributed by atoms with Gasteiger partial charge in [0, 0.05) is 30.7 Å². The second kappa shape index (κ2) is 7.12. The molecule has 138 valence electrons. The maximum Gasteiger partial charge on any atom is 0.433 e. The van der Waals surface area contributed by atoms with Crippen molar-refractivity contribution in [3.8, 4) is 0 Å². The van der Waals surface area contributed by atoms with E-state index in [9.17, 15) is 14.5 Å². The lowest BCUT2D eigenvalue weighted by Crippen LogP contribution is -2.36. The Bertz CT molecular complexity index is 1030. The number of hydrogen-bond acceptors (Lipinski definition) is 7. The van der Waals surface area contributed by atoms with Crippen molar-refractivity contribution in [1.82, 2.24) is 9.97 Å². The predicted molar refractivity (Wildman–Crippen MR) is 96.8 cm³/mol. The summed E-state index contributed by atoms with van der Waals surface area (Å²) >= 11 is 0. The fourth-order valence-corrected chi connectivity index (χ4v) is 2.87. The normalized spacial score (nSPS) is 14.9. The molecule has 3 heterocycles. The first kappa shape index (κ1) is 17.1. The Labute approximate surface area is 153 Å². The number of hydrogen-bond donors (Lipinski definition) is 0. The molecule has 0 atom stereocenters. The number of nitro groups is 1. The average molecular weight is 370 g/mol. The highest BCUT2D eigenvalue weighted by Crippen LogP contribution is 2.26. The quantitative estimate of drug-likeness (QED) is 0.514. The molecule has 1 aromatic carbocycles. The zero-order valence-electron chi connectivity index (χ0n) is 14.2. The summed E-state index contributed by atoms with van der Waals surface area (Å²) in [6.45, 7) is 2.42. The average Bonchev–Trinajstić information content (AvgIpc) is 3.16. The summed E-state index contributed by atoms with van der Waals surface area (Å²) in [7, 11) is 0. The summed E-state index contributed by atoms with van der Waals surface area (Å²) < 4.78 is 24.9. The Morgan fingerprint density at radius 2 is 2.04 bits per heavy atom. The van der Waals surface area contributed by atoms with E-state index in [0.29, 0.717) is 49.1 Å². The molecule has 0 bridgehead atoms. The van der Waals surface area contributed by atoms with Crippen LogP contribution in [0.2, 0.25) is 0 Å². The summed E-state index contributed by atoms with van der Waals surface area (Å²) in [6, 6.07) is 5.86. The minimum atomic E-state index is -0.612. The van der Waals surface area contributed by atoms with Gasteiger partial charge >= 0.3 is 5.88 Å². The third-order valence-corrected chi connectivity index (χ3v) is 4.21. The number of aromatic nitrogens is 2. The molecule has 0 N–H and O–H groups in total. The molecular formula is C18H15FN4O4. The molecule has 27 heavy (non-hydrogen) atoms. The summed E-state index contributed by atoms with van der Waals surface area (Å²) in [5.41, 5.74) is 0.991. The molecule has 9 heteroatoms. The van der Waals surface area contributed by atoms with Crippen LogP contribution in [0.1, 0.15) is 11.6 Å². The lowest BCUT2D eigenvalue weighted by molar-refractivity contribution is -0.402. The van der Waals surface area contributed by atoms with Gasteiger partial charge in [0.1, 0.15) is 16.5 Å². The summed E-state index contributed by atoms with van der Waals surface area (Å²) in [6.07, 6.45) is 4.69. The van der Waals surface area contributed by atoms with Crippen LogP contribution in [0.4, 0.5) is 16.0 Å². The SMILES string of the molecule is O=[N+]([O-])c1ccc(/C=C/c2ncc3cc(N4CCOCC4)c(F)cc3n2)o1. The first-order chi connectivity index (χ1) is 13.1. The van der Waals surface area contributed by atoms with Crippen LogP contribution in [0.3, 0.4) is 0 Å². The second-order valence-corrected chi connectivity index (χ2v) is 5.96. The highest BCUT2D eigenvalue weighted by Gasteiger charge is 2.16. The Hall–Kier alpha value is -3.33. The number of fused-ring (bicyclic) bond motifs is 1. The standard InChI is InChI=1S/C18H15FN4O4/c19-14-10-15-12(9-16(14)22-5-7-26-8-6-22)11-20-17(21-15)3-1-13-2-4-18(27-13)23(24)25/h1-4,9-11H,5-8H2/b3-1+. The molecule has 0 spiro atoms. The minimum absolute atomic E-state index is 0.305. The van der Waals surface area contributed by atoms with Crippen LogP contribution in [0.25, 0.3) is 23.1 Å². The maximum atomic E-state index is 14.5. The maximum absolute atomic E-state index is 14.5. The predicted octanol–water partition coefficient (Wildman–Crippen LogP) is 3.28. The molecule has 1 aliphatic heterocycles. The van der Waals surface area contributed by atoms with Gasteiger partial charge in [0.2, 0.25) is 0 Å². The topological polar surface area (TPSA) is 94.5 Å². The van der Waals surface area contributed by atoms with E-state index in [-0.39, 0.29) is 11.7 Å². The van der Waals surface area contributed by atoms with Crippen LogP contribution >= 0.6 is 0 Å². The van der Waals surface area contributed by atoms with Gasteiger partial charge in [0.05, 0.1) is 30.5 Å². The van der Waals surface area contributed by atoms with Crippen molar-refractivity contribution in [2.24, 2.45) is 0 Å². The van der Waals surface area contributed by atoms with E-state index < -0.39 is 4.92 Å². The Kier molecular flexibility index (Phi) is 4.51. The van der Waals surface area contributed by atoms with Gasteiger partial charge in [-0.2, -0.15) is 0 Å².